The number of nitrogens with one attached hydrogen (secondary N) is 1. The lowest BCUT2D eigenvalue weighted by molar-refractivity contribution is -0.714. The van der Waals surface area contributed by atoms with Crippen LogP contribution in [0, 0.1) is 4.91 Å². The molecule has 3 aromatic rings. The summed E-state index contributed by atoms with van der Waals surface area (Å²) in [6.07, 6.45) is 3.74. The van der Waals surface area contributed by atoms with Crippen molar-refractivity contribution < 1.29 is 27.7 Å². The van der Waals surface area contributed by atoms with E-state index in [0.29, 0.717) is 0 Å². The Bertz CT molecular complexity index is 807. The van der Waals surface area contributed by atoms with Crippen LogP contribution in [0.4, 0.5) is 0 Å². The van der Waals surface area contributed by atoms with Crippen molar-refractivity contribution in [2.24, 2.45) is 0 Å². The largest absolute Gasteiger partial charge is 0.472 e. The molecule has 0 atom stereocenters. The predicted octanol–water partition coefficient (Wildman–Crippen LogP) is 1.17. The summed E-state index contributed by atoms with van der Waals surface area (Å²) in [5.41, 5.74) is -0.633. The van der Waals surface area contributed by atoms with Crippen molar-refractivity contribution in [2.75, 3.05) is 0 Å². The molecule has 20 heavy (non-hydrogen) atoms. The summed E-state index contributed by atoms with van der Waals surface area (Å²) in [6.45, 7) is 0. The van der Waals surface area contributed by atoms with Gasteiger partial charge in [-0.15, -0.1) is 0 Å². The smallest absolute Gasteiger partial charge is 0.324 e. The third kappa shape index (κ3) is 1.79. The first-order valence-electron chi connectivity index (χ1n) is 5.48. The first-order valence-corrected chi connectivity index (χ1v) is 5.48. The molecule has 8 nitrogen and oxygen atoms in total. The number of rotatable bonds is 4. The lowest BCUT2D eigenvalue weighted by Crippen LogP contribution is -2.23. The molecule has 3 rings (SSSR count). The highest BCUT2D eigenvalue weighted by molar-refractivity contribution is 6.15. The molecule has 0 radical (unpaired) electrons. The Balaban J connectivity index is 2.09. The molecule has 0 fully saturated rings. The van der Waals surface area contributed by atoms with Gasteiger partial charge in [-0.2, -0.15) is 0 Å². The highest BCUT2D eigenvalue weighted by atomic mass is 16.7. The minimum Gasteiger partial charge on any atom is -0.472 e. The lowest BCUT2D eigenvalue weighted by atomic mass is 10.1. The number of aromatic nitrogens is 2. The van der Waals surface area contributed by atoms with Gasteiger partial charge in [0.05, 0.1) is 18.1 Å². The van der Waals surface area contributed by atoms with Crippen molar-refractivity contribution in [1.82, 2.24) is 5.16 Å². The summed E-state index contributed by atoms with van der Waals surface area (Å²) in [6, 6.07) is 4.29. The van der Waals surface area contributed by atoms with Gasteiger partial charge in [0.1, 0.15) is 6.26 Å². The van der Waals surface area contributed by atoms with Crippen LogP contribution < -0.4 is 4.60 Å². The maximum absolute atomic E-state index is 12.1. The first-order chi connectivity index (χ1) is 9.68. The molecule has 0 unspecified atom stereocenters. The average Bonchev–Trinajstić information content (AvgIpc) is 3.19. The number of hydrogen-bond donors (Lipinski definition) is 1. The molecule has 0 aliphatic carbocycles. The van der Waals surface area contributed by atoms with Gasteiger partial charge >= 0.3 is 5.69 Å². The molecule has 0 saturated heterocycles. The second-order valence-corrected chi connectivity index (χ2v) is 3.82. The van der Waals surface area contributed by atoms with Gasteiger partial charge in [0.2, 0.25) is 5.78 Å². The highest BCUT2D eigenvalue weighted by Crippen LogP contribution is 2.14. The molecule has 0 amide bonds. The van der Waals surface area contributed by atoms with Crippen molar-refractivity contribution in [2.45, 2.75) is 0 Å². The van der Waals surface area contributed by atoms with E-state index >= 15 is 0 Å². The summed E-state index contributed by atoms with van der Waals surface area (Å²) in [4.78, 5) is 35.8. The van der Waals surface area contributed by atoms with E-state index in [4.69, 9.17) is 8.83 Å². The fourth-order valence-electron chi connectivity index (χ4n) is 1.68. The number of ketones is 2. The summed E-state index contributed by atoms with van der Waals surface area (Å²) in [5.74, 6) is -1.39. The number of furan rings is 2. The van der Waals surface area contributed by atoms with Crippen LogP contribution in [0.25, 0.3) is 0 Å². The standard InChI is InChI=1S/C12H6N2O6/c15-11(7-3-5-18-6-7)10-9(13-20-14(10)17)12(16)8-2-1-4-19-8/h1-6H/p+1. The molecule has 3 heterocycles. The Labute approximate surface area is 110 Å². The number of hydrogen-bond acceptors (Lipinski definition) is 6. The highest BCUT2D eigenvalue weighted by Gasteiger charge is 2.35. The minimum absolute atomic E-state index is 0.0242. The number of nitrogens with zero attached hydrogens (tertiary/aromatic N) is 1. The average molecular weight is 275 g/mol. The number of carbonyl (C=O) groups is 2. The van der Waals surface area contributed by atoms with Crippen LogP contribution in [0.3, 0.4) is 0 Å². The van der Waals surface area contributed by atoms with Gasteiger partial charge in [-0.3, -0.25) is 9.59 Å². The monoisotopic (exact) mass is 275 g/mol. The molecule has 0 spiro atoms. The Kier molecular flexibility index (Phi) is 2.68. The zero-order chi connectivity index (χ0) is 14.1. The molecule has 0 bridgehead atoms. The van der Waals surface area contributed by atoms with Crippen LogP contribution in [0.2, 0.25) is 0 Å². The van der Waals surface area contributed by atoms with Gasteiger partial charge in [0.15, 0.2) is 10.4 Å². The van der Waals surface area contributed by atoms with Crippen LogP contribution in [0.1, 0.15) is 32.3 Å². The Morgan fingerprint density at radius 1 is 1.15 bits per heavy atom. The van der Waals surface area contributed by atoms with Gasteiger partial charge in [0, 0.05) is 0 Å². The second kappa shape index (κ2) is 4.50. The fourth-order valence-corrected chi connectivity index (χ4v) is 1.68. The number of carbonyl (C=O) groups excluding carboxylic acids is 2. The topological polar surface area (TPSA) is 112 Å². The van der Waals surface area contributed by atoms with Crippen molar-refractivity contribution in [3.63, 3.8) is 0 Å². The molecule has 100 valence electrons. The summed E-state index contributed by atoms with van der Waals surface area (Å²) >= 11 is 0. The predicted molar refractivity (Wildman–Crippen MR) is 60.7 cm³/mol. The first kappa shape index (κ1) is 11.9. The van der Waals surface area contributed by atoms with E-state index < -0.39 is 17.3 Å². The lowest BCUT2D eigenvalue weighted by Gasteiger charge is -1.90. The van der Waals surface area contributed by atoms with Gasteiger partial charge < -0.3 is 8.83 Å². The zero-order valence-electron chi connectivity index (χ0n) is 9.86. The van der Waals surface area contributed by atoms with E-state index in [1.165, 1.54) is 30.7 Å². The number of aromatic amines is 1. The van der Waals surface area contributed by atoms with E-state index in [1.807, 2.05) is 0 Å². The maximum atomic E-state index is 12.1. The van der Waals surface area contributed by atoms with E-state index in [0.717, 1.165) is 6.26 Å². The van der Waals surface area contributed by atoms with Crippen LogP contribution in [0.15, 0.2) is 50.5 Å². The SMILES string of the molecule is O=C(c1ccco1)c1[nH]o[n+](=O)c1C(=O)c1ccoc1. The summed E-state index contributed by atoms with van der Waals surface area (Å²) < 4.78 is 14.1. The Morgan fingerprint density at radius 2 is 2.00 bits per heavy atom. The van der Waals surface area contributed by atoms with E-state index in [1.54, 1.807) is 0 Å². The molecule has 8 heteroatoms. The molecule has 0 aromatic carbocycles. The van der Waals surface area contributed by atoms with Crippen molar-refractivity contribution in [1.29, 1.82) is 0 Å². The molecular formula is C12H7N2O6+. The van der Waals surface area contributed by atoms with Crippen molar-refractivity contribution in [3.05, 3.63) is 64.6 Å². The third-order valence-electron chi connectivity index (χ3n) is 2.62. The minimum atomic E-state index is -0.700. The second-order valence-electron chi connectivity index (χ2n) is 3.82. The van der Waals surface area contributed by atoms with Crippen molar-refractivity contribution in [3.8, 4) is 0 Å². The third-order valence-corrected chi connectivity index (χ3v) is 2.62. The van der Waals surface area contributed by atoms with Crippen molar-refractivity contribution >= 4 is 11.6 Å². The van der Waals surface area contributed by atoms with Gasteiger partial charge in [-0.05, 0) is 23.1 Å². The van der Waals surface area contributed by atoms with E-state index in [2.05, 4.69) is 9.79 Å². The quantitative estimate of drug-likeness (QED) is 0.715. The molecule has 0 aliphatic rings. The maximum Gasteiger partial charge on any atom is 0.324 e. The molecule has 3 aromatic heterocycles. The molecule has 1 N–H and O–H groups in total. The van der Waals surface area contributed by atoms with Gasteiger partial charge in [-0.1, -0.05) is 9.79 Å². The Hall–Kier alpha value is -3.16. The normalized spacial score (nSPS) is 10.6. The molecular weight excluding hydrogens is 268 g/mol. The zero-order valence-corrected chi connectivity index (χ0v) is 9.86. The van der Waals surface area contributed by atoms with Gasteiger partial charge in [0.25, 0.3) is 11.5 Å². The summed E-state index contributed by atoms with van der Waals surface area (Å²) in [7, 11) is 0. The van der Waals surface area contributed by atoms with Crippen LogP contribution in [-0.2, 0) is 0 Å². The summed E-state index contributed by atoms with van der Waals surface area (Å²) in [5, 5.41) is 2.12. The van der Waals surface area contributed by atoms with Crippen LogP contribution in [-0.4, -0.2) is 16.7 Å². The van der Waals surface area contributed by atoms with E-state index in [9.17, 15) is 14.5 Å². The van der Waals surface area contributed by atoms with Crippen LogP contribution in [0.5, 0.6) is 0 Å². The Morgan fingerprint density at radius 3 is 2.65 bits per heavy atom. The van der Waals surface area contributed by atoms with E-state index in [-0.39, 0.29) is 21.6 Å². The number of H-pyrrole nitrogens is 1. The molecule has 0 aliphatic heterocycles. The van der Waals surface area contributed by atoms with Gasteiger partial charge in [-0.25, -0.2) is 0 Å². The van der Waals surface area contributed by atoms with Crippen LogP contribution >= 0.6 is 0 Å². The molecule has 0 saturated carbocycles. The fraction of sp³-hybridized carbons (Fsp3) is 0.